The fourth-order valence-electron chi connectivity index (χ4n) is 0.642. The molecule has 1 aromatic rings. The first-order valence-electron chi connectivity index (χ1n) is 7.07. The molecule has 1 aliphatic heterocycles. The summed E-state index contributed by atoms with van der Waals surface area (Å²) in [6.07, 6.45) is 0. The molecule has 1 aliphatic rings. The molecular weight excluding hydrogens is 128 g/mol. The summed E-state index contributed by atoms with van der Waals surface area (Å²) in [5, 5.41) is 8.46. The van der Waals surface area contributed by atoms with Gasteiger partial charge >= 0.3 is 0 Å². The van der Waals surface area contributed by atoms with Gasteiger partial charge in [0.15, 0.2) is 0 Å². The van der Waals surface area contributed by atoms with Crippen LogP contribution in [0.2, 0.25) is 0 Å². The molecule has 1 aromatic heterocycles. The summed E-state index contributed by atoms with van der Waals surface area (Å²) in [7, 11) is 0. The Morgan fingerprint density at radius 3 is 3.70 bits per heavy atom. The van der Waals surface area contributed by atoms with Gasteiger partial charge in [0.1, 0.15) is 11.6 Å². The lowest BCUT2D eigenvalue weighted by atomic mass is 10.4. The molecule has 0 radical (unpaired) electrons. The number of rotatable bonds is 0. The number of fused-ring (bicyclic) bond motifs is 1. The molecule has 0 unspecified atom stereocenters. The molecule has 54 valence electrons. The lowest BCUT2D eigenvalue weighted by Crippen LogP contribution is -2.28. The Balaban J connectivity index is 2.78. The summed E-state index contributed by atoms with van der Waals surface area (Å²) in [5.41, 5.74) is 0. The van der Waals surface area contributed by atoms with E-state index in [1.165, 1.54) is 0 Å². The lowest BCUT2D eigenvalue weighted by Gasteiger charge is -2.14. The van der Waals surface area contributed by atoms with Crippen LogP contribution in [0.15, 0.2) is 0 Å². The van der Waals surface area contributed by atoms with Crippen LogP contribution in [0.1, 0.15) is 24.0 Å². The average molecular weight is 147 g/mol. The molecule has 0 fully saturated rings. The molecular formula is C6H10N4. The van der Waals surface area contributed by atoms with Crippen LogP contribution in [-0.4, -0.2) is 21.3 Å². The van der Waals surface area contributed by atoms with Crippen molar-refractivity contribution >= 4 is 0 Å². The van der Waals surface area contributed by atoms with Crippen LogP contribution in [0.5, 0.6) is 0 Å². The smallest absolute Gasteiger partial charge is 0.147 e. The van der Waals surface area contributed by atoms with Gasteiger partial charge in [0, 0.05) is 19.8 Å². The van der Waals surface area contributed by atoms with Gasteiger partial charge in [-0.25, -0.2) is 0 Å². The minimum atomic E-state index is -2.85. The highest BCUT2D eigenvalue weighted by molar-refractivity contribution is 4.95. The third-order valence-electron chi connectivity index (χ3n) is 1.07. The molecule has 4 heteroatoms. The van der Waals surface area contributed by atoms with Crippen LogP contribution < -0.4 is 5.32 Å². The Morgan fingerprint density at radius 1 is 1.80 bits per heavy atom. The average Bonchev–Trinajstić information content (AvgIpc) is 2.57. The maximum atomic E-state index is 7.72. The number of nitrogens with zero attached hydrogens (tertiary/aromatic N) is 3. The molecule has 0 aliphatic carbocycles. The van der Waals surface area contributed by atoms with Crippen LogP contribution in [0.3, 0.4) is 0 Å². The zero-order valence-electron chi connectivity index (χ0n) is 13.8. The number of aromatic nitrogens is 3. The number of hydrogen-bond acceptors (Lipinski definition) is 3. The van der Waals surface area contributed by atoms with Crippen molar-refractivity contribution in [2.75, 3.05) is 6.50 Å². The van der Waals surface area contributed by atoms with Crippen LogP contribution in [0.25, 0.3) is 0 Å². The van der Waals surface area contributed by atoms with Crippen molar-refractivity contribution in [3.63, 3.8) is 0 Å². The fraction of sp³-hybridized carbons (Fsp3) is 0.667. The topological polar surface area (TPSA) is 42.7 Å². The summed E-state index contributed by atoms with van der Waals surface area (Å²) >= 11 is 0. The van der Waals surface area contributed by atoms with Gasteiger partial charge in [-0.05, 0) is 6.85 Å². The number of hydrogen-bond donors (Lipinski definition) is 1. The van der Waals surface area contributed by atoms with Crippen LogP contribution in [0.4, 0.5) is 0 Å². The van der Waals surface area contributed by atoms with E-state index in [0.29, 0.717) is 4.57 Å². The normalized spacial score (nSPS) is 46.6. The van der Waals surface area contributed by atoms with E-state index in [2.05, 4.69) is 10.2 Å². The minimum absolute atomic E-state index is 0.372. The predicted octanol–water partition coefficient (Wildman–Crippen LogP) is -0.310. The fourth-order valence-corrected chi connectivity index (χ4v) is 0.642. The molecule has 4 nitrogen and oxygen atoms in total. The maximum Gasteiger partial charge on any atom is 0.147 e. The maximum absolute atomic E-state index is 7.72. The van der Waals surface area contributed by atoms with E-state index in [-0.39, 0.29) is 0 Å². The first-order chi connectivity index (χ1) is 8.31. The van der Waals surface area contributed by atoms with Crippen LogP contribution in [0, 0.1) is 6.85 Å². The van der Waals surface area contributed by atoms with Crippen molar-refractivity contribution in [2.24, 2.45) is 0 Å². The first-order valence-corrected chi connectivity index (χ1v) is 2.57. The van der Waals surface area contributed by atoms with E-state index in [0.717, 1.165) is 0 Å². The number of nitrogens with one attached hydrogen (secondary N) is 1. The summed E-state index contributed by atoms with van der Waals surface area (Å²) in [6.45, 7) is -11.0. The Labute approximate surface area is 71.9 Å². The highest BCUT2D eigenvalue weighted by Gasteiger charge is 2.11. The summed E-state index contributed by atoms with van der Waals surface area (Å²) in [4.78, 5) is 0. The van der Waals surface area contributed by atoms with Crippen LogP contribution >= 0.6 is 0 Å². The lowest BCUT2D eigenvalue weighted by molar-refractivity contribution is 0.499. The Bertz CT molecular complexity index is 502. The van der Waals surface area contributed by atoms with Crippen molar-refractivity contribution in [3.8, 4) is 0 Å². The van der Waals surface area contributed by atoms with Gasteiger partial charge in [-0.15, -0.1) is 10.2 Å². The summed E-state index contributed by atoms with van der Waals surface area (Å²) in [5.74, 6) is -1.40. The zero-order valence-corrected chi connectivity index (χ0v) is 4.84. The first kappa shape index (κ1) is 1.64. The third kappa shape index (κ3) is 0.724. The molecule has 10 heavy (non-hydrogen) atoms. The van der Waals surface area contributed by atoms with Crippen molar-refractivity contribution in [1.29, 1.82) is 0 Å². The van der Waals surface area contributed by atoms with Gasteiger partial charge in [0.25, 0.3) is 0 Å². The molecule has 0 atom stereocenters. The summed E-state index contributed by atoms with van der Waals surface area (Å²) < 4.78 is 67.8. The molecule has 0 saturated carbocycles. The molecule has 0 spiro atoms. The number of aryl methyl sites for hydroxylation is 1. The van der Waals surface area contributed by atoms with Crippen LogP contribution in [-0.2, 0) is 13.0 Å². The zero-order chi connectivity index (χ0) is 14.9. The molecule has 2 rings (SSSR count). The van der Waals surface area contributed by atoms with Crippen molar-refractivity contribution < 1.29 is 12.3 Å². The van der Waals surface area contributed by atoms with Gasteiger partial charge in [0.2, 0.25) is 0 Å². The highest BCUT2D eigenvalue weighted by atomic mass is 15.3. The Hall–Kier alpha value is -0.900. The highest BCUT2D eigenvalue weighted by Crippen LogP contribution is 2.03. The second kappa shape index (κ2) is 2.05. The van der Waals surface area contributed by atoms with Gasteiger partial charge in [-0.2, -0.15) is 0 Å². The molecule has 1 N–H and O–H groups in total. The third-order valence-corrected chi connectivity index (χ3v) is 1.07. The van der Waals surface area contributed by atoms with E-state index in [9.17, 15) is 0 Å². The van der Waals surface area contributed by atoms with Crippen molar-refractivity contribution in [1.82, 2.24) is 20.1 Å². The van der Waals surface area contributed by atoms with Gasteiger partial charge < -0.3 is 9.88 Å². The molecule has 0 saturated heterocycles. The molecule has 0 bridgehead atoms. The second-order valence-corrected chi connectivity index (χ2v) is 1.67. The quantitative estimate of drug-likeness (QED) is 0.547. The second-order valence-electron chi connectivity index (χ2n) is 1.67. The van der Waals surface area contributed by atoms with E-state index < -0.39 is 38.0 Å². The molecule has 0 amide bonds. The van der Waals surface area contributed by atoms with Crippen molar-refractivity contribution in [3.05, 3.63) is 11.6 Å². The van der Waals surface area contributed by atoms with Crippen molar-refractivity contribution in [2.45, 2.75) is 19.8 Å². The van der Waals surface area contributed by atoms with E-state index in [4.69, 9.17) is 12.3 Å². The van der Waals surface area contributed by atoms with E-state index >= 15 is 0 Å². The molecule has 0 aromatic carbocycles. The van der Waals surface area contributed by atoms with E-state index in [1.54, 1.807) is 0 Å². The van der Waals surface area contributed by atoms with Gasteiger partial charge in [-0.1, -0.05) is 0 Å². The predicted molar refractivity (Wildman–Crippen MR) is 36.5 cm³/mol. The largest absolute Gasteiger partial charge is 0.313 e. The van der Waals surface area contributed by atoms with E-state index in [1.807, 2.05) is 5.32 Å². The van der Waals surface area contributed by atoms with Gasteiger partial charge in [-0.3, -0.25) is 0 Å². The van der Waals surface area contributed by atoms with Gasteiger partial charge in [0.05, 0.1) is 12.0 Å². The monoisotopic (exact) mass is 147 g/mol. The SMILES string of the molecule is [2H]C([2H])([2H])c1nnc2n1C([2H])([2H])C([2H])([2H])NC2([2H])[2H]. The summed E-state index contributed by atoms with van der Waals surface area (Å²) in [6, 6.07) is 0. The Kier molecular flexibility index (Phi) is 0.336. The molecule has 2 heterocycles. The Morgan fingerprint density at radius 2 is 2.80 bits per heavy atom. The standard InChI is InChI=1S/C6H10N4/c1-5-8-9-6-4-7-2-3-10(5)6/h7H,2-4H2,1H3/i1D3,2D2,3D2,4D2. The minimum Gasteiger partial charge on any atom is -0.313 e.